The van der Waals surface area contributed by atoms with Gasteiger partial charge in [-0.1, -0.05) is 6.92 Å². The van der Waals surface area contributed by atoms with Crippen molar-refractivity contribution in [2.45, 2.75) is 19.4 Å². The van der Waals surface area contributed by atoms with Crippen LogP contribution in [0.3, 0.4) is 0 Å². The molecular weight excluding hydrogens is 292 g/mol. The number of nitrogens with zero attached hydrogens (tertiary/aromatic N) is 5. The molecule has 1 saturated heterocycles. The van der Waals surface area contributed by atoms with Crippen LogP contribution in [-0.4, -0.2) is 58.3 Å². The van der Waals surface area contributed by atoms with Gasteiger partial charge in [0, 0.05) is 34.4 Å². The third-order valence-electron chi connectivity index (χ3n) is 3.31. The summed E-state index contributed by atoms with van der Waals surface area (Å²) >= 11 is 0. The zero-order valence-corrected chi connectivity index (χ0v) is 12.2. The second kappa shape index (κ2) is 6.24. The summed E-state index contributed by atoms with van der Waals surface area (Å²) in [7, 11) is 0. The van der Waals surface area contributed by atoms with Crippen LogP contribution in [0, 0.1) is 12.5 Å². The van der Waals surface area contributed by atoms with Gasteiger partial charge in [-0.15, -0.1) is 0 Å². The van der Waals surface area contributed by atoms with E-state index < -0.39 is 62.9 Å². The number of hydrogen-bond acceptors (Lipinski definition) is 4. The molecule has 0 aliphatic carbocycles. The lowest BCUT2D eigenvalue weighted by atomic mass is 9.92. The van der Waals surface area contributed by atoms with Crippen LogP contribution < -0.4 is 4.90 Å². The van der Waals surface area contributed by atoms with Crippen molar-refractivity contribution < 1.29 is 18.5 Å². The van der Waals surface area contributed by atoms with Gasteiger partial charge in [-0.25, -0.2) is 16.5 Å². The molecular formula is C16H20N6O. The third-order valence-corrected chi connectivity index (χ3v) is 3.31. The van der Waals surface area contributed by atoms with Crippen LogP contribution in [0.4, 0.5) is 5.82 Å². The molecule has 2 aromatic rings. The highest BCUT2D eigenvalue weighted by Gasteiger charge is 2.33. The lowest BCUT2D eigenvalue weighted by molar-refractivity contribution is -0.130. The van der Waals surface area contributed by atoms with Crippen LogP contribution >= 0.6 is 0 Å². The minimum atomic E-state index is -3.43. The number of anilines is 1. The van der Waals surface area contributed by atoms with E-state index in [2.05, 4.69) is 19.8 Å². The minimum Gasteiger partial charge on any atom is -0.354 e. The number of aromatic nitrogens is 3. The average molecular weight is 322 g/mol. The third kappa shape index (κ3) is 2.84. The number of amides is 1. The van der Waals surface area contributed by atoms with Gasteiger partial charge < -0.3 is 19.6 Å². The fraction of sp³-hybridized carbons (Fsp3) is 0.500. The molecule has 1 aliphatic rings. The molecule has 7 nitrogen and oxygen atoms in total. The van der Waals surface area contributed by atoms with Gasteiger partial charge in [-0.2, -0.15) is 0 Å². The highest BCUT2D eigenvalue weighted by atomic mass is 16.2. The number of H-pyrrole nitrogens is 1. The predicted molar refractivity (Wildman–Crippen MR) is 87.9 cm³/mol. The Balaban J connectivity index is 2.40. The van der Waals surface area contributed by atoms with Crippen LogP contribution in [-0.2, 0) is 4.79 Å². The highest BCUT2D eigenvalue weighted by molar-refractivity contribution is 5.87. The van der Waals surface area contributed by atoms with Gasteiger partial charge in [-0.3, -0.25) is 4.79 Å². The van der Waals surface area contributed by atoms with Crippen molar-refractivity contribution in [2.75, 3.05) is 31.4 Å². The summed E-state index contributed by atoms with van der Waals surface area (Å²) in [6.07, 6.45) is -0.206. The highest BCUT2D eigenvalue weighted by Crippen LogP contribution is 2.28. The maximum atomic E-state index is 12.6. The first-order chi connectivity index (χ1) is 14.9. The number of aromatic amines is 1. The van der Waals surface area contributed by atoms with Crippen molar-refractivity contribution in [3.8, 4) is 0 Å². The molecule has 2 atom stereocenters. The molecule has 1 aliphatic heterocycles. The molecule has 120 valence electrons. The topological polar surface area (TPSA) is 69.5 Å². The van der Waals surface area contributed by atoms with Gasteiger partial charge in [0.05, 0.1) is 15.5 Å². The predicted octanol–water partition coefficient (Wildman–Crippen LogP) is 1.55. The molecule has 7 heteroatoms. The Kier molecular flexibility index (Phi) is 1.98. The van der Waals surface area contributed by atoms with Crippen LogP contribution in [0.15, 0.2) is 18.6 Å². The number of carbonyl (C=O) groups excluding carboxylic acids is 1. The zero-order chi connectivity index (χ0) is 25.2. The number of piperidine rings is 1. The number of nitrogens with one attached hydrogen (secondary N) is 1. The minimum absolute atomic E-state index is 0.0213. The molecule has 0 aromatic carbocycles. The molecule has 3 heterocycles. The van der Waals surface area contributed by atoms with Crippen LogP contribution in [0.2, 0.25) is 0 Å². The lowest BCUT2D eigenvalue weighted by Gasteiger charge is -2.41. The summed E-state index contributed by atoms with van der Waals surface area (Å²) in [6.45, 7) is -2.58. The van der Waals surface area contributed by atoms with Crippen molar-refractivity contribution in [2.24, 2.45) is 5.89 Å². The zero-order valence-electron chi connectivity index (χ0n) is 22.2. The van der Waals surface area contributed by atoms with Gasteiger partial charge >= 0.3 is 5.91 Å². The monoisotopic (exact) mass is 322 g/mol. The Hall–Kier alpha value is -2.62. The Bertz CT molecular complexity index is 1140. The maximum Gasteiger partial charge on any atom is 0.302 e. The Morgan fingerprint density at radius 1 is 1.78 bits per heavy atom. The van der Waals surface area contributed by atoms with Gasteiger partial charge in [0.2, 0.25) is 0 Å². The molecule has 23 heavy (non-hydrogen) atoms. The molecule has 1 N–H and O–H groups in total. The molecule has 0 bridgehead atoms. The van der Waals surface area contributed by atoms with Gasteiger partial charge in [0.1, 0.15) is 19.1 Å². The van der Waals surface area contributed by atoms with E-state index in [4.69, 9.17) is 20.3 Å². The Morgan fingerprint density at radius 3 is 3.43 bits per heavy atom. The first-order valence-electron chi connectivity index (χ1n) is 11.7. The van der Waals surface area contributed by atoms with E-state index >= 15 is 0 Å². The van der Waals surface area contributed by atoms with E-state index in [0.717, 1.165) is 6.92 Å². The summed E-state index contributed by atoms with van der Waals surface area (Å²) in [5.41, 5.74) is 0.0298. The number of likely N-dealkylation sites (N-methyl/N-ethyl adjacent to an activating group) is 1. The standard InChI is InChI=1S/C16H20N6O/c1-11-5-7-22(14(23)8-17-2)9-13(11)21(3)16-12-4-6-18-15(12)19-10-20-16/h4,6,10-11,13H,5,7-9H2,1,3H3,(H,18,19,20)/t11-,13+/m1/s1/i3D3,7D2,9D2,10D,11D,13D. The fourth-order valence-corrected chi connectivity index (χ4v) is 2.14. The molecule has 1 amide bonds. The van der Waals surface area contributed by atoms with E-state index in [1.807, 2.05) is 0 Å². The quantitative estimate of drug-likeness (QED) is 0.871. The van der Waals surface area contributed by atoms with E-state index in [9.17, 15) is 4.79 Å². The molecule has 0 saturated carbocycles. The Labute approximate surface area is 149 Å². The largest absolute Gasteiger partial charge is 0.354 e. The van der Waals surface area contributed by atoms with Gasteiger partial charge in [0.25, 0.3) is 6.54 Å². The SMILES string of the molecule is [2H]c1nc(N(C([2H])([2H])[2H])[C@@]2([2H])C([2H])([2H])N(C(=O)C[N+]#[C-])C([2H])([2H])C[C@@]2([2H])C)c2cc[nH]c2n1. The summed E-state index contributed by atoms with van der Waals surface area (Å²) in [5, 5.41) is 0.0213. The van der Waals surface area contributed by atoms with Crippen molar-refractivity contribution in [3.63, 3.8) is 0 Å². The lowest BCUT2D eigenvalue weighted by Crippen LogP contribution is -2.53. The van der Waals surface area contributed by atoms with E-state index in [1.54, 1.807) is 0 Å². The van der Waals surface area contributed by atoms with Gasteiger partial charge in [-0.05, 0) is 18.4 Å². The van der Waals surface area contributed by atoms with E-state index in [0.29, 0.717) is 0 Å². The molecule has 2 aromatic heterocycles. The first-order valence-corrected chi connectivity index (χ1v) is 6.70. The Morgan fingerprint density at radius 2 is 2.65 bits per heavy atom. The van der Waals surface area contributed by atoms with E-state index in [1.165, 1.54) is 12.3 Å². The number of carbonyl (C=O) groups is 1. The summed E-state index contributed by atoms with van der Waals surface area (Å²) in [6, 6.07) is -1.81. The summed E-state index contributed by atoms with van der Waals surface area (Å²) in [5.74, 6) is -4.31. The normalized spacial score (nSPS) is 38.9. The number of rotatable bonds is 3. The van der Waals surface area contributed by atoms with Crippen LogP contribution in [0.1, 0.15) is 27.1 Å². The molecule has 0 spiro atoms. The second-order valence-electron chi connectivity index (χ2n) is 4.84. The summed E-state index contributed by atoms with van der Waals surface area (Å²) in [4.78, 5) is 26.1. The number of likely N-dealkylation sites (tertiary alicyclic amines) is 1. The van der Waals surface area contributed by atoms with Crippen molar-refractivity contribution in [1.29, 1.82) is 0 Å². The number of hydrogen-bond donors (Lipinski definition) is 1. The molecule has 3 rings (SSSR count). The molecule has 1 fully saturated rings. The van der Waals surface area contributed by atoms with Crippen LogP contribution in [0.5, 0.6) is 0 Å². The van der Waals surface area contributed by atoms with Gasteiger partial charge in [0.15, 0.2) is 0 Å². The van der Waals surface area contributed by atoms with Crippen molar-refractivity contribution in [1.82, 2.24) is 19.9 Å². The average Bonchev–Trinajstić information content (AvgIpc) is 3.06. The van der Waals surface area contributed by atoms with Crippen LogP contribution in [0.25, 0.3) is 15.9 Å². The van der Waals surface area contributed by atoms with E-state index in [-0.39, 0.29) is 20.8 Å². The summed E-state index contributed by atoms with van der Waals surface area (Å²) < 4.78 is 83.9. The smallest absolute Gasteiger partial charge is 0.302 e. The molecule has 0 radical (unpaired) electrons. The fourth-order valence-electron chi connectivity index (χ4n) is 2.14. The molecule has 0 unspecified atom stereocenters. The van der Waals surface area contributed by atoms with Crippen molar-refractivity contribution >= 4 is 22.8 Å². The maximum absolute atomic E-state index is 12.6. The second-order valence-corrected chi connectivity index (χ2v) is 4.84. The first kappa shape index (κ1) is 7.30. The number of fused-ring (bicyclic) bond motifs is 1. The van der Waals surface area contributed by atoms with Crippen molar-refractivity contribution in [3.05, 3.63) is 30.0 Å².